The van der Waals surface area contributed by atoms with Crippen LogP contribution in [0.25, 0.3) is 0 Å². The first kappa shape index (κ1) is 20.4. The number of aryl methyl sites for hydroxylation is 2. The number of hydrogen-bond acceptors (Lipinski definition) is 5. The number of nitrogens with one attached hydrogen (secondary N) is 1. The van der Waals surface area contributed by atoms with Gasteiger partial charge in [0.2, 0.25) is 5.91 Å². The Kier molecular flexibility index (Phi) is 7.31. The Labute approximate surface area is 158 Å². The number of carbonyl (C=O) groups excluding carboxylic acids is 1. The van der Waals surface area contributed by atoms with Gasteiger partial charge in [-0.1, -0.05) is 24.3 Å². The third-order valence-electron chi connectivity index (χ3n) is 4.27. The first-order valence-electron chi connectivity index (χ1n) is 8.83. The van der Waals surface area contributed by atoms with Gasteiger partial charge in [0.25, 0.3) is 0 Å². The number of carbonyl (C=O) groups is 1. The maximum absolute atomic E-state index is 12.1. The maximum atomic E-state index is 12.1. The first-order valence-corrected chi connectivity index (χ1v) is 8.83. The number of ether oxygens (including phenoxy) is 1. The lowest BCUT2D eigenvalue weighted by Gasteiger charge is -2.09. The number of nitro benzene ring substituents is 1. The molecule has 0 atom stereocenters. The van der Waals surface area contributed by atoms with Crippen molar-refractivity contribution in [2.75, 3.05) is 19.7 Å². The molecular weight excluding hydrogens is 346 g/mol. The fourth-order valence-corrected chi connectivity index (χ4v) is 2.66. The van der Waals surface area contributed by atoms with Crippen LogP contribution in [0, 0.1) is 24.0 Å². The van der Waals surface area contributed by atoms with Gasteiger partial charge in [0.1, 0.15) is 6.61 Å². The highest BCUT2D eigenvalue weighted by molar-refractivity contribution is 5.79. The molecule has 2 aromatic rings. The van der Waals surface area contributed by atoms with E-state index in [4.69, 9.17) is 10.5 Å². The summed E-state index contributed by atoms with van der Waals surface area (Å²) in [7, 11) is 0. The van der Waals surface area contributed by atoms with Crippen LogP contribution < -0.4 is 15.8 Å². The zero-order chi connectivity index (χ0) is 19.8. The number of benzene rings is 2. The van der Waals surface area contributed by atoms with Gasteiger partial charge in [0, 0.05) is 19.2 Å². The lowest BCUT2D eigenvalue weighted by atomic mass is 10.0. The minimum absolute atomic E-state index is 0.0743. The van der Waals surface area contributed by atoms with Crippen LogP contribution in [0.1, 0.15) is 22.3 Å². The van der Waals surface area contributed by atoms with E-state index in [0.29, 0.717) is 12.1 Å². The smallest absolute Gasteiger partial charge is 0.311 e. The topological polar surface area (TPSA) is 107 Å². The number of rotatable bonds is 9. The molecule has 7 heteroatoms. The summed E-state index contributed by atoms with van der Waals surface area (Å²) in [5.74, 6) is -0.0203. The van der Waals surface area contributed by atoms with Gasteiger partial charge in [-0.15, -0.1) is 0 Å². The van der Waals surface area contributed by atoms with Gasteiger partial charge in [-0.2, -0.15) is 0 Å². The molecule has 0 saturated carbocycles. The van der Waals surface area contributed by atoms with E-state index in [0.717, 1.165) is 12.0 Å². The van der Waals surface area contributed by atoms with Crippen molar-refractivity contribution in [3.63, 3.8) is 0 Å². The Morgan fingerprint density at radius 2 is 1.89 bits per heavy atom. The highest BCUT2D eigenvalue weighted by Crippen LogP contribution is 2.28. The molecule has 27 heavy (non-hydrogen) atoms. The Bertz CT molecular complexity index is 821. The molecule has 2 rings (SSSR count). The molecule has 0 saturated heterocycles. The maximum Gasteiger partial charge on any atom is 0.311 e. The number of nitro groups is 1. The predicted molar refractivity (Wildman–Crippen MR) is 104 cm³/mol. The van der Waals surface area contributed by atoms with Crippen molar-refractivity contribution in [1.29, 1.82) is 0 Å². The Hall–Kier alpha value is -2.93. The van der Waals surface area contributed by atoms with Crippen LogP contribution in [0.4, 0.5) is 5.69 Å². The van der Waals surface area contributed by atoms with Crippen molar-refractivity contribution in [1.82, 2.24) is 5.32 Å². The molecule has 0 bridgehead atoms. The van der Waals surface area contributed by atoms with Gasteiger partial charge in [0.15, 0.2) is 5.75 Å². The average Bonchev–Trinajstić information content (AvgIpc) is 2.63. The van der Waals surface area contributed by atoms with Crippen LogP contribution in [0.3, 0.4) is 0 Å². The number of amides is 1. The zero-order valence-electron chi connectivity index (χ0n) is 15.7. The highest BCUT2D eigenvalue weighted by atomic mass is 16.6. The second kappa shape index (κ2) is 9.68. The van der Waals surface area contributed by atoms with Crippen LogP contribution in [-0.4, -0.2) is 30.5 Å². The van der Waals surface area contributed by atoms with Crippen molar-refractivity contribution in [3.05, 3.63) is 68.8 Å². The average molecular weight is 371 g/mol. The van der Waals surface area contributed by atoms with Crippen LogP contribution in [0.2, 0.25) is 0 Å². The normalized spacial score (nSPS) is 10.5. The van der Waals surface area contributed by atoms with Gasteiger partial charge in [0.05, 0.1) is 11.3 Å². The molecule has 0 aliphatic carbocycles. The van der Waals surface area contributed by atoms with Crippen LogP contribution in [0.15, 0.2) is 36.4 Å². The summed E-state index contributed by atoms with van der Waals surface area (Å²) in [6, 6.07) is 10.8. The molecule has 2 aromatic carbocycles. The first-order chi connectivity index (χ1) is 12.9. The summed E-state index contributed by atoms with van der Waals surface area (Å²) < 4.78 is 5.27. The molecule has 3 N–H and O–H groups in total. The standard InChI is InChI=1S/C20H25N3O4/c1-14-3-4-16(11-15(14)2)7-9-22-20(24)13-17-5-6-19(27-10-8-21)18(12-17)23(25)26/h3-6,11-12H,7-10,13,21H2,1-2H3,(H,22,24). The van der Waals surface area contributed by atoms with Crippen LogP contribution in [0.5, 0.6) is 5.75 Å². The molecule has 0 unspecified atom stereocenters. The van der Waals surface area contributed by atoms with Gasteiger partial charge in [-0.3, -0.25) is 14.9 Å². The van der Waals surface area contributed by atoms with Crippen molar-refractivity contribution in [2.24, 2.45) is 5.73 Å². The third-order valence-corrected chi connectivity index (χ3v) is 4.27. The summed E-state index contributed by atoms with van der Waals surface area (Å²) in [5.41, 5.74) is 9.38. The number of nitrogens with zero attached hydrogens (tertiary/aromatic N) is 1. The summed E-state index contributed by atoms with van der Waals surface area (Å²) in [6.45, 7) is 5.10. The number of hydrogen-bond donors (Lipinski definition) is 2. The minimum Gasteiger partial charge on any atom is -0.485 e. The summed E-state index contributed by atoms with van der Waals surface area (Å²) in [6.07, 6.45) is 0.809. The van der Waals surface area contributed by atoms with Gasteiger partial charge in [-0.05, 0) is 48.6 Å². The minimum atomic E-state index is -0.521. The largest absolute Gasteiger partial charge is 0.485 e. The molecule has 0 fully saturated rings. The predicted octanol–water partition coefficient (Wildman–Crippen LogP) is 2.45. The molecule has 0 radical (unpaired) electrons. The van der Waals surface area contributed by atoms with E-state index < -0.39 is 4.92 Å². The van der Waals surface area contributed by atoms with Crippen LogP contribution in [-0.2, 0) is 17.6 Å². The molecule has 144 valence electrons. The lowest BCUT2D eigenvalue weighted by molar-refractivity contribution is -0.385. The van der Waals surface area contributed by atoms with E-state index in [-0.39, 0.29) is 36.9 Å². The van der Waals surface area contributed by atoms with E-state index in [9.17, 15) is 14.9 Å². The molecule has 0 aromatic heterocycles. The van der Waals surface area contributed by atoms with E-state index in [1.807, 2.05) is 0 Å². The van der Waals surface area contributed by atoms with Gasteiger partial charge < -0.3 is 15.8 Å². The summed E-state index contributed by atoms with van der Waals surface area (Å²) in [4.78, 5) is 22.8. The summed E-state index contributed by atoms with van der Waals surface area (Å²) >= 11 is 0. The molecular formula is C20H25N3O4. The zero-order valence-corrected chi connectivity index (χ0v) is 15.7. The molecule has 1 amide bonds. The van der Waals surface area contributed by atoms with E-state index in [2.05, 4.69) is 37.4 Å². The fourth-order valence-electron chi connectivity index (χ4n) is 2.66. The van der Waals surface area contributed by atoms with Crippen molar-refractivity contribution < 1.29 is 14.5 Å². The lowest BCUT2D eigenvalue weighted by Crippen LogP contribution is -2.27. The fraction of sp³-hybridized carbons (Fsp3) is 0.350. The highest BCUT2D eigenvalue weighted by Gasteiger charge is 2.17. The van der Waals surface area contributed by atoms with Crippen molar-refractivity contribution >= 4 is 11.6 Å². The monoisotopic (exact) mass is 371 g/mol. The second-order valence-electron chi connectivity index (χ2n) is 6.39. The van der Waals surface area contributed by atoms with Gasteiger partial charge in [-0.25, -0.2) is 0 Å². The third kappa shape index (κ3) is 6.07. The molecule has 0 spiro atoms. The number of nitrogens with two attached hydrogens (primary N) is 1. The molecule has 0 heterocycles. The van der Waals surface area contributed by atoms with Crippen molar-refractivity contribution in [2.45, 2.75) is 26.7 Å². The SMILES string of the molecule is Cc1ccc(CCNC(=O)Cc2ccc(OCCN)c([N+](=O)[O-])c2)cc1C. The van der Waals surface area contributed by atoms with E-state index >= 15 is 0 Å². The Morgan fingerprint density at radius 3 is 2.56 bits per heavy atom. The van der Waals surface area contributed by atoms with E-state index in [1.165, 1.54) is 23.3 Å². The summed E-state index contributed by atoms with van der Waals surface area (Å²) in [5, 5.41) is 14.1. The van der Waals surface area contributed by atoms with Gasteiger partial charge >= 0.3 is 5.69 Å². The van der Waals surface area contributed by atoms with Crippen LogP contribution >= 0.6 is 0 Å². The molecule has 0 aliphatic rings. The van der Waals surface area contributed by atoms with E-state index in [1.54, 1.807) is 6.07 Å². The Balaban J connectivity index is 1.91. The molecule has 7 nitrogen and oxygen atoms in total. The second-order valence-corrected chi connectivity index (χ2v) is 6.39. The molecule has 0 aliphatic heterocycles. The van der Waals surface area contributed by atoms with Crippen molar-refractivity contribution in [3.8, 4) is 5.75 Å². The quantitative estimate of drug-likeness (QED) is 0.520. The Morgan fingerprint density at radius 1 is 1.15 bits per heavy atom.